The number of likely N-dealkylation sites (tertiary alicyclic amines) is 1. The number of imidazole rings is 1. The summed E-state index contributed by atoms with van der Waals surface area (Å²) in [5.41, 5.74) is 2.46. The fraction of sp³-hybridized carbons (Fsp3) is 0.435. The molecular formula is C23H25N3O. The van der Waals surface area contributed by atoms with Gasteiger partial charge in [0.2, 0.25) is 0 Å². The van der Waals surface area contributed by atoms with Crippen LogP contribution in [0, 0.1) is 17.8 Å². The standard InChI is InChI=1S/C23H25N3O/c1-2-6-17(7-3-1)27-15-20-18-12-25(13-19(18)20)14-23-24-21-8-4-5-9-22(21)26(23)16-10-11-16/h1-9,16,18-20H,10-15H2/t18-,19+,20?. The summed E-state index contributed by atoms with van der Waals surface area (Å²) in [6.07, 6.45) is 2.61. The maximum absolute atomic E-state index is 5.98. The zero-order chi connectivity index (χ0) is 17.8. The van der Waals surface area contributed by atoms with Crippen molar-refractivity contribution in [3.63, 3.8) is 0 Å². The number of rotatable bonds is 6. The summed E-state index contributed by atoms with van der Waals surface area (Å²) < 4.78 is 8.49. The number of nitrogens with zero attached hydrogens (tertiary/aromatic N) is 3. The Balaban J connectivity index is 1.10. The van der Waals surface area contributed by atoms with E-state index in [0.717, 1.165) is 42.2 Å². The Hall–Kier alpha value is -2.33. The first-order chi connectivity index (χ1) is 13.4. The lowest BCUT2D eigenvalue weighted by Gasteiger charge is -2.20. The summed E-state index contributed by atoms with van der Waals surface area (Å²) in [7, 11) is 0. The van der Waals surface area contributed by atoms with Crippen molar-refractivity contribution in [2.24, 2.45) is 17.8 Å². The van der Waals surface area contributed by atoms with Crippen molar-refractivity contribution in [2.45, 2.75) is 25.4 Å². The highest BCUT2D eigenvalue weighted by Gasteiger charge is 2.55. The van der Waals surface area contributed by atoms with Crippen molar-refractivity contribution in [1.29, 1.82) is 0 Å². The third-order valence-electron chi connectivity index (χ3n) is 6.58. The summed E-state index contributed by atoms with van der Waals surface area (Å²) in [5, 5.41) is 0. The Kier molecular flexibility index (Phi) is 3.55. The molecule has 1 aliphatic heterocycles. The molecule has 4 nitrogen and oxygen atoms in total. The van der Waals surface area contributed by atoms with Crippen molar-refractivity contribution in [3.8, 4) is 5.75 Å². The Morgan fingerprint density at radius 1 is 0.926 bits per heavy atom. The first kappa shape index (κ1) is 15.7. The monoisotopic (exact) mass is 359 g/mol. The molecular weight excluding hydrogens is 334 g/mol. The molecule has 0 amide bonds. The zero-order valence-corrected chi connectivity index (χ0v) is 15.5. The van der Waals surface area contributed by atoms with Gasteiger partial charge in [-0.15, -0.1) is 0 Å². The van der Waals surface area contributed by atoms with Gasteiger partial charge in [0.25, 0.3) is 0 Å². The third kappa shape index (κ3) is 2.83. The molecule has 0 spiro atoms. The molecule has 1 unspecified atom stereocenters. The van der Waals surface area contributed by atoms with Gasteiger partial charge in [-0.05, 0) is 48.9 Å². The largest absolute Gasteiger partial charge is 0.493 e. The maximum atomic E-state index is 5.98. The van der Waals surface area contributed by atoms with Crippen LogP contribution in [0.5, 0.6) is 5.75 Å². The van der Waals surface area contributed by atoms with Gasteiger partial charge < -0.3 is 9.30 Å². The van der Waals surface area contributed by atoms with E-state index in [1.165, 1.54) is 37.3 Å². The van der Waals surface area contributed by atoms with Crippen molar-refractivity contribution >= 4 is 11.0 Å². The highest BCUT2D eigenvalue weighted by atomic mass is 16.5. The lowest BCUT2D eigenvalue weighted by molar-refractivity contribution is 0.226. The van der Waals surface area contributed by atoms with Gasteiger partial charge in [0, 0.05) is 25.0 Å². The van der Waals surface area contributed by atoms with E-state index in [9.17, 15) is 0 Å². The second-order valence-electron chi connectivity index (χ2n) is 8.43. The van der Waals surface area contributed by atoms with Crippen LogP contribution in [0.25, 0.3) is 11.0 Å². The van der Waals surface area contributed by atoms with Gasteiger partial charge in [-0.2, -0.15) is 0 Å². The summed E-state index contributed by atoms with van der Waals surface area (Å²) in [6, 6.07) is 19.5. The van der Waals surface area contributed by atoms with E-state index in [1.807, 2.05) is 30.3 Å². The molecule has 3 atom stereocenters. The second-order valence-corrected chi connectivity index (χ2v) is 8.43. The molecule has 1 saturated heterocycles. The smallest absolute Gasteiger partial charge is 0.124 e. The summed E-state index contributed by atoms with van der Waals surface area (Å²) in [5.74, 6) is 4.62. The van der Waals surface area contributed by atoms with Gasteiger partial charge in [0.05, 0.1) is 24.2 Å². The molecule has 1 aromatic heterocycles. The fourth-order valence-corrected chi connectivity index (χ4v) is 4.97. The van der Waals surface area contributed by atoms with Gasteiger partial charge in [-0.25, -0.2) is 4.98 Å². The number of fused-ring (bicyclic) bond motifs is 2. The Bertz CT molecular complexity index is 950. The van der Waals surface area contributed by atoms with E-state index in [1.54, 1.807) is 0 Å². The van der Waals surface area contributed by atoms with Crippen LogP contribution in [0.15, 0.2) is 54.6 Å². The summed E-state index contributed by atoms with van der Waals surface area (Å²) >= 11 is 0. The maximum Gasteiger partial charge on any atom is 0.124 e. The van der Waals surface area contributed by atoms with Gasteiger partial charge in [-0.1, -0.05) is 30.3 Å². The third-order valence-corrected chi connectivity index (χ3v) is 6.58. The van der Waals surface area contributed by atoms with Crippen molar-refractivity contribution in [2.75, 3.05) is 19.7 Å². The highest BCUT2D eigenvalue weighted by Crippen LogP contribution is 2.52. The molecule has 2 aromatic carbocycles. The van der Waals surface area contributed by atoms with Crippen LogP contribution >= 0.6 is 0 Å². The lowest BCUT2D eigenvalue weighted by atomic mass is 10.2. The highest BCUT2D eigenvalue weighted by molar-refractivity contribution is 5.76. The Morgan fingerprint density at radius 3 is 2.44 bits per heavy atom. The van der Waals surface area contributed by atoms with Crippen LogP contribution in [-0.2, 0) is 6.54 Å². The summed E-state index contributed by atoms with van der Waals surface area (Å²) in [4.78, 5) is 7.57. The molecule has 4 heteroatoms. The molecule has 2 saturated carbocycles. The number of hydrogen-bond donors (Lipinski definition) is 0. The van der Waals surface area contributed by atoms with Crippen LogP contribution in [-0.4, -0.2) is 34.1 Å². The number of para-hydroxylation sites is 3. The second kappa shape index (κ2) is 6.10. The molecule has 0 N–H and O–H groups in total. The topological polar surface area (TPSA) is 30.3 Å². The van der Waals surface area contributed by atoms with E-state index in [0.29, 0.717) is 6.04 Å². The predicted molar refractivity (Wildman–Crippen MR) is 106 cm³/mol. The van der Waals surface area contributed by atoms with E-state index in [-0.39, 0.29) is 0 Å². The lowest BCUT2D eigenvalue weighted by Crippen LogP contribution is -2.27. The average Bonchev–Trinajstić information content (AvgIpc) is 3.57. The minimum atomic E-state index is 0.677. The first-order valence-corrected chi connectivity index (χ1v) is 10.2. The van der Waals surface area contributed by atoms with Gasteiger partial charge >= 0.3 is 0 Å². The van der Waals surface area contributed by atoms with E-state index in [2.05, 4.69) is 33.7 Å². The molecule has 6 rings (SSSR count). The molecule has 0 radical (unpaired) electrons. The molecule has 27 heavy (non-hydrogen) atoms. The molecule has 2 heterocycles. The normalized spacial score (nSPS) is 27.0. The molecule has 2 aliphatic carbocycles. The van der Waals surface area contributed by atoms with Gasteiger partial charge in [0.15, 0.2) is 0 Å². The van der Waals surface area contributed by atoms with Crippen molar-refractivity contribution in [1.82, 2.24) is 14.5 Å². The van der Waals surface area contributed by atoms with Crippen LogP contribution in [0.2, 0.25) is 0 Å². The Labute approximate surface area is 159 Å². The minimum absolute atomic E-state index is 0.677. The molecule has 3 fully saturated rings. The Morgan fingerprint density at radius 2 is 1.67 bits per heavy atom. The molecule has 138 valence electrons. The van der Waals surface area contributed by atoms with Crippen LogP contribution < -0.4 is 4.74 Å². The predicted octanol–water partition coefficient (Wildman–Crippen LogP) is 4.13. The number of hydrogen-bond acceptors (Lipinski definition) is 3. The zero-order valence-electron chi connectivity index (χ0n) is 15.5. The number of aromatic nitrogens is 2. The van der Waals surface area contributed by atoms with Crippen LogP contribution in [0.3, 0.4) is 0 Å². The number of piperidine rings is 1. The average molecular weight is 359 g/mol. The van der Waals surface area contributed by atoms with Gasteiger partial charge in [0.1, 0.15) is 11.6 Å². The quantitative estimate of drug-likeness (QED) is 0.663. The van der Waals surface area contributed by atoms with E-state index < -0.39 is 0 Å². The van der Waals surface area contributed by atoms with E-state index in [4.69, 9.17) is 9.72 Å². The van der Waals surface area contributed by atoms with Crippen molar-refractivity contribution in [3.05, 3.63) is 60.4 Å². The van der Waals surface area contributed by atoms with Gasteiger partial charge in [-0.3, -0.25) is 4.90 Å². The molecule has 3 aliphatic rings. The molecule has 3 aromatic rings. The SMILES string of the molecule is c1ccc(OCC2[C@H]3CN(Cc4nc5ccccc5n4C4CC4)C[C@@H]23)cc1. The minimum Gasteiger partial charge on any atom is -0.493 e. The number of benzene rings is 2. The first-order valence-electron chi connectivity index (χ1n) is 10.2. The van der Waals surface area contributed by atoms with Crippen molar-refractivity contribution < 1.29 is 4.74 Å². The molecule has 0 bridgehead atoms. The van der Waals surface area contributed by atoms with E-state index >= 15 is 0 Å². The fourth-order valence-electron chi connectivity index (χ4n) is 4.97. The van der Waals surface area contributed by atoms with Crippen LogP contribution in [0.1, 0.15) is 24.7 Å². The number of ether oxygens (including phenoxy) is 1. The van der Waals surface area contributed by atoms with Crippen LogP contribution in [0.4, 0.5) is 0 Å². The summed E-state index contributed by atoms with van der Waals surface area (Å²) in [6.45, 7) is 4.25.